The third-order valence-corrected chi connectivity index (χ3v) is 7.00. The zero-order valence-corrected chi connectivity index (χ0v) is 12.9. The predicted octanol–water partition coefficient (Wildman–Crippen LogP) is 4.32. The van der Waals surface area contributed by atoms with Crippen molar-refractivity contribution in [3.05, 3.63) is 0 Å². The van der Waals surface area contributed by atoms with E-state index in [0.29, 0.717) is 5.41 Å². The normalized spacial score (nSPS) is 47.6. The van der Waals surface area contributed by atoms with Gasteiger partial charge in [0.05, 0.1) is 0 Å². The highest BCUT2D eigenvalue weighted by Crippen LogP contribution is 2.71. The van der Waals surface area contributed by atoms with Crippen LogP contribution in [0.3, 0.4) is 0 Å². The molecule has 0 saturated heterocycles. The second kappa shape index (κ2) is 3.99. The highest BCUT2D eigenvalue weighted by Gasteiger charge is 2.69. The van der Waals surface area contributed by atoms with E-state index in [1.165, 1.54) is 32.1 Å². The molecule has 3 aliphatic carbocycles. The number of fused-ring (bicyclic) bond motifs is 4. The van der Waals surface area contributed by atoms with E-state index in [-0.39, 0.29) is 17.0 Å². The van der Waals surface area contributed by atoms with Gasteiger partial charge >= 0.3 is 5.97 Å². The van der Waals surface area contributed by atoms with Gasteiger partial charge in [-0.15, -0.1) is 0 Å². The van der Waals surface area contributed by atoms with Crippen molar-refractivity contribution < 1.29 is 9.53 Å². The van der Waals surface area contributed by atoms with Crippen LogP contribution in [0.25, 0.3) is 0 Å². The molecule has 0 spiro atoms. The minimum Gasteiger partial charge on any atom is -0.459 e. The second-order valence-electron chi connectivity index (χ2n) is 8.11. The van der Waals surface area contributed by atoms with Crippen molar-refractivity contribution >= 4 is 5.97 Å². The Kier molecular flexibility index (Phi) is 2.82. The van der Waals surface area contributed by atoms with Crippen LogP contribution in [0.5, 0.6) is 0 Å². The molecule has 3 fully saturated rings. The third-order valence-electron chi connectivity index (χ3n) is 7.00. The molecule has 2 heteroatoms. The van der Waals surface area contributed by atoms with Gasteiger partial charge in [0.25, 0.3) is 0 Å². The SMILES string of the molecule is CC(=O)OC12CCCC(CCC3CC(C)(C)C31C)C2. The molecule has 19 heavy (non-hydrogen) atoms. The molecular weight excluding hydrogens is 236 g/mol. The van der Waals surface area contributed by atoms with Gasteiger partial charge in [-0.3, -0.25) is 4.79 Å². The molecule has 3 rings (SSSR count). The first-order valence-electron chi connectivity index (χ1n) is 8.00. The topological polar surface area (TPSA) is 26.3 Å². The summed E-state index contributed by atoms with van der Waals surface area (Å²) < 4.78 is 6.06. The van der Waals surface area contributed by atoms with Crippen molar-refractivity contribution in [1.82, 2.24) is 0 Å². The van der Waals surface area contributed by atoms with E-state index in [1.54, 1.807) is 6.92 Å². The molecule has 108 valence electrons. The fourth-order valence-electron chi connectivity index (χ4n) is 5.81. The van der Waals surface area contributed by atoms with Crippen LogP contribution in [0.15, 0.2) is 0 Å². The van der Waals surface area contributed by atoms with Gasteiger partial charge in [-0.25, -0.2) is 0 Å². The Labute approximate surface area is 117 Å². The van der Waals surface area contributed by atoms with E-state index in [2.05, 4.69) is 20.8 Å². The lowest BCUT2D eigenvalue weighted by Gasteiger charge is -2.68. The number of rotatable bonds is 1. The van der Waals surface area contributed by atoms with Gasteiger partial charge in [0.1, 0.15) is 5.60 Å². The minimum atomic E-state index is -0.176. The van der Waals surface area contributed by atoms with Crippen LogP contribution < -0.4 is 0 Å². The molecule has 0 amide bonds. The number of carbonyl (C=O) groups is 1. The van der Waals surface area contributed by atoms with Crippen molar-refractivity contribution in [2.45, 2.75) is 78.2 Å². The Morgan fingerprint density at radius 2 is 1.84 bits per heavy atom. The molecule has 2 nitrogen and oxygen atoms in total. The van der Waals surface area contributed by atoms with Gasteiger partial charge in [0, 0.05) is 12.3 Å². The maximum atomic E-state index is 11.7. The first kappa shape index (κ1) is 13.5. The average Bonchev–Trinajstić information content (AvgIpc) is 2.37. The lowest BCUT2D eigenvalue weighted by atomic mass is 9.39. The number of esters is 1. The summed E-state index contributed by atoms with van der Waals surface area (Å²) in [5, 5.41) is 0. The van der Waals surface area contributed by atoms with Crippen LogP contribution in [-0.2, 0) is 9.53 Å². The summed E-state index contributed by atoms with van der Waals surface area (Å²) in [5.41, 5.74) is 0.310. The van der Waals surface area contributed by atoms with E-state index < -0.39 is 0 Å². The van der Waals surface area contributed by atoms with Crippen molar-refractivity contribution in [2.75, 3.05) is 0 Å². The molecular formula is C17H28O2. The van der Waals surface area contributed by atoms with Gasteiger partial charge in [-0.1, -0.05) is 33.6 Å². The Hall–Kier alpha value is -0.530. The molecule has 0 aromatic carbocycles. The third kappa shape index (κ3) is 1.64. The van der Waals surface area contributed by atoms with E-state index in [1.807, 2.05) is 0 Å². The van der Waals surface area contributed by atoms with Crippen LogP contribution in [-0.4, -0.2) is 11.6 Å². The van der Waals surface area contributed by atoms with Gasteiger partial charge in [0.15, 0.2) is 0 Å². The first-order valence-corrected chi connectivity index (χ1v) is 8.00. The van der Waals surface area contributed by atoms with Gasteiger partial charge in [0.2, 0.25) is 0 Å². The molecule has 0 heterocycles. The van der Waals surface area contributed by atoms with Gasteiger partial charge in [-0.2, -0.15) is 0 Å². The second-order valence-corrected chi connectivity index (χ2v) is 8.11. The maximum absolute atomic E-state index is 11.7. The maximum Gasteiger partial charge on any atom is 0.303 e. The smallest absolute Gasteiger partial charge is 0.303 e. The largest absolute Gasteiger partial charge is 0.459 e. The highest BCUT2D eigenvalue weighted by molar-refractivity contribution is 5.66. The fraction of sp³-hybridized carbons (Fsp3) is 0.941. The van der Waals surface area contributed by atoms with Crippen LogP contribution in [0.1, 0.15) is 72.6 Å². The number of hydrogen-bond donors (Lipinski definition) is 0. The van der Waals surface area contributed by atoms with E-state index >= 15 is 0 Å². The number of ether oxygens (including phenoxy) is 1. The molecule has 0 aromatic rings. The standard InChI is InChI=1S/C17H28O2/c1-12(18)19-17-9-5-6-13(10-17)7-8-14-11-15(2,3)16(14,17)4/h13-14H,5-11H2,1-4H3. The fourth-order valence-corrected chi connectivity index (χ4v) is 5.81. The van der Waals surface area contributed by atoms with Crippen molar-refractivity contribution in [2.24, 2.45) is 22.7 Å². The molecule has 0 aromatic heterocycles. The summed E-state index contributed by atoms with van der Waals surface area (Å²) in [5.74, 6) is 1.46. The molecule has 0 radical (unpaired) electrons. The zero-order chi connectivity index (χ0) is 13.9. The Morgan fingerprint density at radius 3 is 2.47 bits per heavy atom. The van der Waals surface area contributed by atoms with E-state index in [9.17, 15) is 4.79 Å². The summed E-state index contributed by atoms with van der Waals surface area (Å²) in [6, 6.07) is 0. The molecule has 4 atom stereocenters. The first-order chi connectivity index (χ1) is 8.81. The van der Waals surface area contributed by atoms with Crippen molar-refractivity contribution in [3.8, 4) is 0 Å². The van der Waals surface area contributed by atoms with Gasteiger partial charge in [-0.05, 0) is 49.4 Å². The monoisotopic (exact) mass is 264 g/mol. The molecule has 3 saturated carbocycles. The summed E-state index contributed by atoms with van der Waals surface area (Å²) >= 11 is 0. The van der Waals surface area contributed by atoms with Gasteiger partial charge < -0.3 is 4.74 Å². The molecule has 0 N–H and O–H groups in total. The van der Waals surface area contributed by atoms with Crippen LogP contribution >= 0.6 is 0 Å². The summed E-state index contributed by atoms with van der Waals surface area (Å²) in [4.78, 5) is 11.7. The van der Waals surface area contributed by atoms with Crippen LogP contribution in [0.2, 0.25) is 0 Å². The predicted molar refractivity (Wildman–Crippen MR) is 75.7 cm³/mol. The molecule has 0 aliphatic heterocycles. The zero-order valence-electron chi connectivity index (χ0n) is 12.9. The number of hydrogen-bond acceptors (Lipinski definition) is 2. The summed E-state index contributed by atoms with van der Waals surface area (Å²) in [7, 11) is 0. The lowest BCUT2D eigenvalue weighted by molar-refractivity contribution is -0.255. The molecule has 3 aliphatic rings. The quantitative estimate of drug-likeness (QED) is 0.659. The van der Waals surface area contributed by atoms with Crippen molar-refractivity contribution in [1.29, 1.82) is 0 Å². The van der Waals surface area contributed by atoms with E-state index in [4.69, 9.17) is 4.74 Å². The van der Waals surface area contributed by atoms with Crippen LogP contribution in [0.4, 0.5) is 0 Å². The van der Waals surface area contributed by atoms with E-state index in [0.717, 1.165) is 24.7 Å². The summed E-state index contributed by atoms with van der Waals surface area (Å²) in [6.45, 7) is 8.76. The molecule has 4 unspecified atom stereocenters. The lowest BCUT2D eigenvalue weighted by Crippen LogP contribution is -2.67. The Balaban J connectivity index is 2.04. The Bertz CT molecular complexity index is 400. The summed E-state index contributed by atoms with van der Waals surface area (Å²) in [6.07, 6.45) is 8.76. The minimum absolute atomic E-state index is 0.0785. The molecule has 2 bridgehead atoms. The number of carbonyl (C=O) groups excluding carboxylic acids is 1. The Morgan fingerprint density at radius 1 is 1.11 bits per heavy atom. The average molecular weight is 264 g/mol. The van der Waals surface area contributed by atoms with Crippen LogP contribution in [0, 0.1) is 22.7 Å². The van der Waals surface area contributed by atoms with Crippen molar-refractivity contribution in [3.63, 3.8) is 0 Å². The highest BCUT2D eigenvalue weighted by atomic mass is 16.6.